The normalized spacial score (nSPS) is 11.9. The largest absolute Gasteiger partial charge is 0.481 e. The zero-order valence-corrected chi connectivity index (χ0v) is 10.4. The van der Waals surface area contributed by atoms with Gasteiger partial charge in [-0.2, -0.15) is 0 Å². The van der Waals surface area contributed by atoms with Crippen LogP contribution in [0.3, 0.4) is 0 Å². The number of nitrogens with zero attached hydrogens (tertiary/aromatic N) is 1. The lowest BCUT2D eigenvalue weighted by atomic mass is 10.2. The Balaban J connectivity index is 2.51. The molecule has 0 fully saturated rings. The number of hydrogen-bond donors (Lipinski definition) is 0. The molecule has 5 heteroatoms. The molecule has 0 amide bonds. The minimum absolute atomic E-state index is 0.117. The Morgan fingerprint density at radius 2 is 2.31 bits per heavy atom. The van der Waals surface area contributed by atoms with Gasteiger partial charge in [0, 0.05) is 22.9 Å². The standard InChI is InChI=1S/C11H15NO3S/c1-8(11(13)15-3)7-16-9-4-5-12-10(6-9)14-2/h4-6,8H,7H2,1-3H3. The molecule has 1 unspecified atom stereocenters. The predicted molar refractivity (Wildman–Crippen MR) is 62.7 cm³/mol. The van der Waals surface area contributed by atoms with E-state index in [0.29, 0.717) is 11.6 Å². The van der Waals surface area contributed by atoms with Crippen molar-refractivity contribution in [2.45, 2.75) is 11.8 Å². The summed E-state index contributed by atoms with van der Waals surface area (Å²) >= 11 is 1.58. The van der Waals surface area contributed by atoms with Crippen molar-refractivity contribution in [3.05, 3.63) is 18.3 Å². The average molecular weight is 241 g/mol. The van der Waals surface area contributed by atoms with E-state index in [2.05, 4.69) is 9.72 Å². The molecule has 0 saturated carbocycles. The topological polar surface area (TPSA) is 48.4 Å². The third kappa shape index (κ3) is 3.73. The van der Waals surface area contributed by atoms with Crippen molar-refractivity contribution in [3.8, 4) is 5.88 Å². The van der Waals surface area contributed by atoms with Gasteiger partial charge in [-0.1, -0.05) is 6.92 Å². The summed E-state index contributed by atoms with van der Waals surface area (Å²) in [6, 6.07) is 3.73. The fourth-order valence-electron chi connectivity index (χ4n) is 1.08. The SMILES string of the molecule is COC(=O)C(C)CSc1ccnc(OC)c1. The third-order valence-corrected chi connectivity index (χ3v) is 3.27. The molecule has 1 heterocycles. The van der Waals surface area contributed by atoms with E-state index in [9.17, 15) is 4.79 Å². The molecule has 1 atom stereocenters. The van der Waals surface area contributed by atoms with E-state index in [1.165, 1.54) is 7.11 Å². The molecular formula is C11H15NO3S. The number of ether oxygens (including phenoxy) is 2. The molecule has 0 spiro atoms. The first kappa shape index (κ1) is 12.8. The van der Waals surface area contributed by atoms with Crippen LogP contribution in [0.4, 0.5) is 0 Å². The lowest BCUT2D eigenvalue weighted by Crippen LogP contribution is -2.14. The Kier molecular flexibility index (Phi) is 5.11. The van der Waals surface area contributed by atoms with Crippen LogP contribution in [0.15, 0.2) is 23.2 Å². The second-order valence-corrected chi connectivity index (χ2v) is 4.36. The molecule has 0 saturated heterocycles. The Hall–Kier alpha value is -1.23. The lowest BCUT2D eigenvalue weighted by Gasteiger charge is -2.08. The number of aromatic nitrogens is 1. The zero-order valence-electron chi connectivity index (χ0n) is 9.60. The van der Waals surface area contributed by atoms with E-state index in [1.807, 2.05) is 19.1 Å². The number of carbonyl (C=O) groups is 1. The summed E-state index contributed by atoms with van der Waals surface area (Å²) in [6.45, 7) is 1.84. The second-order valence-electron chi connectivity index (χ2n) is 3.27. The summed E-state index contributed by atoms with van der Waals surface area (Å²) < 4.78 is 9.67. The van der Waals surface area contributed by atoms with Crippen LogP contribution >= 0.6 is 11.8 Å². The highest BCUT2D eigenvalue weighted by molar-refractivity contribution is 7.99. The van der Waals surface area contributed by atoms with Crippen molar-refractivity contribution in [2.24, 2.45) is 5.92 Å². The van der Waals surface area contributed by atoms with E-state index < -0.39 is 0 Å². The average Bonchev–Trinajstić information content (AvgIpc) is 2.35. The molecule has 1 aromatic rings. The number of esters is 1. The summed E-state index contributed by atoms with van der Waals surface area (Å²) in [4.78, 5) is 16.2. The van der Waals surface area contributed by atoms with Gasteiger partial charge in [0.05, 0.1) is 20.1 Å². The van der Waals surface area contributed by atoms with Gasteiger partial charge in [0.25, 0.3) is 0 Å². The van der Waals surface area contributed by atoms with E-state index in [0.717, 1.165) is 4.90 Å². The number of rotatable bonds is 5. The van der Waals surface area contributed by atoms with Crippen molar-refractivity contribution in [1.29, 1.82) is 0 Å². The van der Waals surface area contributed by atoms with E-state index in [4.69, 9.17) is 4.74 Å². The van der Waals surface area contributed by atoms with Crippen molar-refractivity contribution >= 4 is 17.7 Å². The molecule has 4 nitrogen and oxygen atoms in total. The van der Waals surface area contributed by atoms with Crippen molar-refractivity contribution < 1.29 is 14.3 Å². The summed E-state index contributed by atoms with van der Waals surface area (Å²) in [5.74, 6) is 0.957. The monoisotopic (exact) mass is 241 g/mol. The molecule has 88 valence electrons. The third-order valence-electron chi connectivity index (χ3n) is 2.02. The van der Waals surface area contributed by atoms with Crippen LogP contribution in [-0.4, -0.2) is 30.9 Å². The summed E-state index contributed by atoms with van der Waals surface area (Å²) in [7, 11) is 2.98. The maximum Gasteiger partial charge on any atom is 0.309 e. The van der Waals surface area contributed by atoms with Gasteiger partial charge < -0.3 is 9.47 Å². The maximum atomic E-state index is 11.2. The van der Waals surface area contributed by atoms with Crippen LogP contribution < -0.4 is 4.74 Å². The number of methoxy groups -OCH3 is 2. The fourth-order valence-corrected chi connectivity index (χ4v) is 2.00. The van der Waals surface area contributed by atoms with E-state index in [-0.39, 0.29) is 11.9 Å². The van der Waals surface area contributed by atoms with Crippen LogP contribution in [-0.2, 0) is 9.53 Å². The van der Waals surface area contributed by atoms with Gasteiger partial charge in [-0.25, -0.2) is 4.98 Å². The van der Waals surface area contributed by atoms with Crippen LogP contribution in [0.25, 0.3) is 0 Å². The first-order chi connectivity index (χ1) is 7.67. The molecule has 0 bridgehead atoms. The molecule has 0 aromatic carbocycles. The number of thioether (sulfide) groups is 1. The van der Waals surface area contributed by atoms with Crippen LogP contribution in [0.2, 0.25) is 0 Å². The number of pyridine rings is 1. The van der Waals surface area contributed by atoms with Crippen LogP contribution in [0, 0.1) is 5.92 Å². The highest BCUT2D eigenvalue weighted by Gasteiger charge is 2.13. The molecule has 0 N–H and O–H groups in total. The summed E-state index contributed by atoms with van der Waals surface area (Å²) in [5, 5.41) is 0. The smallest absolute Gasteiger partial charge is 0.309 e. The first-order valence-electron chi connectivity index (χ1n) is 4.88. The Bertz CT molecular complexity index is 357. The molecule has 0 aliphatic carbocycles. The van der Waals surface area contributed by atoms with Crippen molar-refractivity contribution in [3.63, 3.8) is 0 Å². The van der Waals surface area contributed by atoms with Gasteiger partial charge in [0.1, 0.15) is 0 Å². The predicted octanol–water partition coefficient (Wildman–Crippen LogP) is 1.99. The van der Waals surface area contributed by atoms with Gasteiger partial charge in [0.2, 0.25) is 5.88 Å². The Morgan fingerprint density at radius 3 is 2.94 bits per heavy atom. The molecule has 1 rings (SSSR count). The highest BCUT2D eigenvalue weighted by atomic mass is 32.2. The van der Waals surface area contributed by atoms with Crippen LogP contribution in [0.1, 0.15) is 6.92 Å². The van der Waals surface area contributed by atoms with Crippen LogP contribution in [0.5, 0.6) is 5.88 Å². The fraction of sp³-hybridized carbons (Fsp3) is 0.455. The molecule has 0 aliphatic rings. The maximum absolute atomic E-state index is 11.2. The molecule has 0 radical (unpaired) electrons. The van der Waals surface area contributed by atoms with E-state index >= 15 is 0 Å². The van der Waals surface area contributed by atoms with Gasteiger partial charge >= 0.3 is 5.97 Å². The minimum atomic E-state index is -0.187. The molecule has 16 heavy (non-hydrogen) atoms. The number of hydrogen-bond acceptors (Lipinski definition) is 5. The van der Waals surface area contributed by atoms with Crippen molar-refractivity contribution in [1.82, 2.24) is 4.98 Å². The Morgan fingerprint density at radius 1 is 1.56 bits per heavy atom. The quantitative estimate of drug-likeness (QED) is 0.583. The molecule has 0 aliphatic heterocycles. The van der Waals surface area contributed by atoms with Gasteiger partial charge in [-0.3, -0.25) is 4.79 Å². The van der Waals surface area contributed by atoms with Gasteiger partial charge in [-0.15, -0.1) is 11.8 Å². The van der Waals surface area contributed by atoms with Gasteiger partial charge in [-0.05, 0) is 6.07 Å². The van der Waals surface area contributed by atoms with Crippen molar-refractivity contribution in [2.75, 3.05) is 20.0 Å². The minimum Gasteiger partial charge on any atom is -0.481 e. The summed E-state index contributed by atoms with van der Waals surface area (Å²) in [5.41, 5.74) is 0. The first-order valence-corrected chi connectivity index (χ1v) is 5.86. The second kappa shape index (κ2) is 6.37. The molecular weight excluding hydrogens is 226 g/mol. The Labute approximate surface area is 99.4 Å². The lowest BCUT2D eigenvalue weighted by molar-refractivity contribution is -0.143. The zero-order chi connectivity index (χ0) is 12.0. The van der Waals surface area contributed by atoms with Gasteiger partial charge in [0.15, 0.2) is 0 Å². The molecule has 1 aromatic heterocycles. The van der Waals surface area contributed by atoms with E-state index in [1.54, 1.807) is 25.1 Å². The number of carbonyl (C=O) groups excluding carboxylic acids is 1. The highest BCUT2D eigenvalue weighted by Crippen LogP contribution is 2.23. The summed E-state index contributed by atoms with van der Waals surface area (Å²) in [6.07, 6.45) is 1.68.